The zero-order valence-corrected chi connectivity index (χ0v) is 18.9. The standard InChI is InChI=1S/C24H27N5OS/c1-14-5-4-6-17-13-18(31-21(14)17)19-20-22(25)26-11-12-29(20)23(27-19)15-7-9-16(10-8-15)24(30)28(2)3/h4-6,11-13,15-16H,7-10H2,1-3H3,(H2,25,26)/t15-,16-. The van der Waals surface area contributed by atoms with Crippen molar-refractivity contribution in [2.24, 2.45) is 5.92 Å². The van der Waals surface area contributed by atoms with Gasteiger partial charge in [0, 0.05) is 43.0 Å². The Hall–Kier alpha value is -2.93. The minimum absolute atomic E-state index is 0.120. The van der Waals surface area contributed by atoms with Crippen LogP contribution >= 0.6 is 11.3 Å². The van der Waals surface area contributed by atoms with E-state index in [9.17, 15) is 4.79 Å². The van der Waals surface area contributed by atoms with Crippen LogP contribution in [0.25, 0.3) is 26.2 Å². The average Bonchev–Trinajstić information content (AvgIpc) is 3.37. The third-order valence-corrected chi connectivity index (χ3v) is 7.76. The number of anilines is 1. The van der Waals surface area contributed by atoms with Crippen LogP contribution in [0.2, 0.25) is 0 Å². The molecule has 31 heavy (non-hydrogen) atoms. The Morgan fingerprint density at radius 3 is 2.71 bits per heavy atom. The molecule has 0 atom stereocenters. The first-order valence-corrected chi connectivity index (χ1v) is 11.6. The lowest BCUT2D eigenvalue weighted by Gasteiger charge is -2.28. The first kappa shape index (κ1) is 20.0. The number of imidazole rings is 1. The molecule has 1 aliphatic rings. The summed E-state index contributed by atoms with van der Waals surface area (Å²) in [5, 5.41) is 1.23. The van der Waals surface area contributed by atoms with Crippen LogP contribution in [0.3, 0.4) is 0 Å². The fourth-order valence-electron chi connectivity index (χ4n) is 4.84. The van der Waals surface area contributed by atoms with Gasteiger partial charge in [-0.05, 0) is 49.6 Å². The zero-order chi connectivity index (χ0) is 21.7. The molecule has 1 saturated carbocycles. The predicted octanol–water partition coefficient (Wildman–Crippen LogP) is 4.86. The number of thiophene rings is 1. The van der Waals surface area contributed by atoms with Gasteiger partial charge in [-0.15, -0.1) is 11.3 Å². The molecule has 0 saturated heterocycles. The van der Waals surface area contributed by atoms with Gasteiger partial charge < -0.3 is 10.6 Å². The van der Waals surface area contributed by atoms with Crippen molar-refractivity contribution >= 4 is 38.7 Å². The van der Waals surface area contributed by atoms with Gasteiger partial charge in [0.1, 0.15) is 22.9 Å². The van der Waals surface area contributed by atoms with E-state index in [0.717, 1.165) is 47.6 Å². The van der Waals surface area contributed by atoms with E-state index in [1.807, 2.05) is 20.3 Å². The second kappa shape index (κ2) is 7.64. The van der Waals surface area contributed by atoms with E-state index in [1.165, 1.54) is 15.6 Å². The van der Waals surface area contributed by atoms with Crippen molar-refractivity contribution in [3.8, 4) is 10.6 Å². The fraction of sp³-hybridized carbons (Fsp3) is 0.375. The van der Waals surface area contributed by atoms with Crippen LogP contribution in [0, 0.1) is 12.8 Å². The van der Waals surface area contributed by atoms with E-state index in [4.69, 9.17) is 10.7 Å². The van der Waals surface area contributed by atoms with Crippen molar-refractivity contribution in [3.05, 3.63) is 48.0 Å². The van der Waals surface area contributed by atoms with E-state index in [-0.39, 0.29) is 11.8 Å². The Morgan fingerprint density at radius 1 is 1.23 bits per heavy atom. The number of nitrogens with two attached hydrogens (primary N) is 1. The van der Waals surface area contributed by atoms with Gasteiger partial charge in [-0.2, -0.15) is 0 Å². The summed E-state index contributed by atoms with van der Waals surface area (Å²) in [7, 11) is 3.68. The van der Waals surface area contributed by atoms with Crippen LogP contribution in [-0.4, -0.2) is 39.3 Å². The van der Waals surface area contributed by atoms with Crippen LogP contribution < -0.4 is 5.73 Å². The van der Waals surface area contributed by atoms with Gasteiger partial charge in [0.05, 0.1) is 4.88 Å². The lowest BCUT2D eigenvalue weighted by Crippen LogP contribution is -2.32. The quantitative estimate of drug-likeness (QED) is 0.500. The molecule has 0 bridgehead atoms. The van der Waals surface area contributed by atoms with Crippen LogP contribution in [0.4, 0.5) is 5.82 Å². The Morgan fingerprint density at radius 2 is 2.00 bits per heavy atom. The summed E-state index contributed by atoms with van der Waals surface area (Å²) in [6, 6.07) is 8.58. The largest absolute Gasteiger partial charge is 0.382 e. The van der Waals surface area contributed by atoms with E-state index in [1.54, 1.807) is 22.4 Å². The number of carbonyl (C=O) groups is 1. The highest BCUT2D eigenvalue weighted by atomic mass is 32.1. The molecule has 2 N–H and O–H groups in total. The molecule has 0 spiro atoms. The van der Waals surface area contributed by atoms with Gasteiger partial charge in [0.25, 0.3) is 0 Å². The molecule has 0 radical (unpaired) electrons. The van der Waals surface area contributed by atoms with Crippen LogP contribution in [0.5, 0.6) is 0 Å². The lowest BCUT2D eigenvalue weighted by molar-refractivity contribution is -0.134. The topological polar surface area (TPSA) is 76.5 Å². The molecule has 160 valence electrons. The van der Waals surface area contributed by atoms with Crippen molar-refractivity contribution < 1.29 is 4.79 Å². The first-order chi connectivity index (χ1) is 14.9. The number of fused-ring (bicyclic) bond motifs is 2. The van der Waals surface area contributed by atoms with Crippen molar-refractivity contribution in [2.45, 2.75) is 38.5 Å². The normalized spacial score (nSPS) is 19.2. The number of aromatic nitrogens is 3. The second-order valence-electron chi connectivity index (χ2n) is 8.73. The molecule has 5 rings (SSSR count). The summed E-state index contributed by atoms with van der Waals surface area (Å²) in [6.45, 7) is 2.14. The average molecular weight is 434 g/mol. The predicted molar refractivity (Wildman–Crippen MR) is 126 cm³/mol. The molecule has 3 heterocycles. The van der Waals surface area contributed by atoms with Gasteiger partial charge in [0.2, 0.25) is 5.91 Å². The smallest absolute Gasteiger partial charge is 0.225 e. The molecule has 1 aromatic carbocycles. The molecule has 0 unspecified atom stereocenters. The summed E-state index contributed by atoms with van der Waals surface area (Å²) in [5.74, 6) is 2.20. The monoisotopic (exact) mass is 433 g/mol. The molecule has 0 aliphatic heterocycles. The highest BCUT2D eigenvalue weighted by molar-refractivity contribution is 7.22. The Labute approximate surface area is 185 Å². The van der Waals surface area contributed by atoms with E-state index in [2.05, 4.69) is 40.6 Å². The number of hydrogen-bond acceptors (Lipinski definition) is 5. The number of rotatable bonds is 3. The highest BCUT2D eigenvalue weighted by Crippen LogP contribution is 2.41. The summed E-state index contributed by atoms with van der Waals surface area (Å²) in [5.41, 5.74) is 9.40. The number of benzene rings is 1. The number of hydrogen-bond donors (Lipinski definition) is 1. The van der Waals surface area contributed by atoms with Gasteiger partial charge in [-0.3, -0.25) is 9.20 Å². The van der Waals surface area contributed by atoms with Gasteiger partial charge >= 0.3 is 0 Å². The number of aryl methyl sites for hydroxylation is 1. The molecule has 7 heteroatoms. The first-order valence-electron chi connectivity index (χ1n) is 10.8. The number of amides is 1. The van der Waals surface area contributed by atoms with Crippen LogP contribution in [0.1, 0.15) is 43.0 Å². The fourth-order valence-corrected chi connectivity index (χ4v) is 5.95. The maximum Gasteiger partial charge on any atom is 0.225 e. The molecule has 1 amide bonds. The molecular weight excluding hydrogens is 406 g/mol. The molecule has 1 fully saturated rings. The summed E-state index contributed by atoms with van der Waals surface area (Å²) < 4.78 is 3.40. The van der Waals surface area contributed by atoms with Gasteiger partial charge in [-0.1, -0.05) is 18.2 Å². The summed E-state index contributed by atoms with van der Waals surface area (Å²) in [4.78, 5) is 24.7. The molecular formula is C24H27N5OS. The van der Waals surface area contributed by atoms with Crippen LogP contribution in [0.15, 0.2) is 36.7 Å². The SMILES string of the molecule is Cc1cccc2cc(-c3nc([C@H]4CC[C@H](C(=O)N(C)C)CC4)n4ccnc(N)c34)sc12. The minimum atomic E-state index is 0.120. The number of carbonyl (C=O) groups excluding carboxylic acids is 1. The third-order valence-electron chi connectivity index (χ3n) is 6.47. The highest BCUT2D eigenvalue weighted by Gasteiger charge is 2.31. The molecule has 4 aromatic rings. The Bertz CT molecular complexity index is 1280. The van der Waals surface area contributed by atoms with Gasteiger partial charge in [0.15, 0.2) is 0 Å². The Balaban J connectivity index is 1.56. The summed E-state index contributed by atoms with van der Waals surface area (Å²) in [6.07, 6.45) is 7.41. The maximum atomic E-state index is 12.4. The van der Waals surface area contributed by atoms with Gasteiger partial charge in [-0.25, -0.2) is 9.97 Å². The van der Waals surface area contributed by atoms with Crippen LogP contribution in [-0.2, 0) is 4.79 Å². The molecule has 6 nitrogen and oxygen atoms in total. The maximum absolute atomic E-state index is 12.4. The molecule has 3 aromatic heterocycles. The van der Waals surface area contributed by atoms with Crippen molar-refractivity contribution in [2.75, 3.05) is 19.8 Å². The van der Waals surface area contributed by atoms with E-state index >= 15 is 0 Å². The minimum Gasteiger partial charge on any atom is -0.382 e. The van der Waals surface area contributed by atoms with Crippen molar-refractivity contribution in [1.82, 2.24) is 19.3 Å². The zero-order valence-electron chi connectivity index (χ0n) is 18.1. The van der Waals surface area contributed by atoms with E-state index < -0.39 is 0 Å². The van der Waals surface area contributed by atoms with Crippen molar-refractivity contribution in [3.63, 3.8) is 0 Å². The molecule has 1 aliphatic carbocycles. The summed E-state index contributed by atoms with van der Waals surface area (Å²) >= 11 is 1.76. The number of nitrogens with zero attached hydrogens (tertiary/aromatic N) is 4. The lowest BCUT2D eigenvalue weighted by atomic mass is 9.81. The number of nitrogen functional groups attached to an aromatic ring is 1. The Kier molecular flexibility index (Phi) is 4.93. The second-order valence-corrected chi connectivity index (χ2v) is 9.79. The third kappa shape index (κ3) is 3.37. The van der Waals surface area contributed by atoms with Crippen molar-refractivity contribution in [1.29, 1.82) is 0 Å². The van der Waals surface area contributed by atoms with E-state index in [0.29, 0.717) is 11.7 Å².